The number of anilines is 1. The van der Waals surface area contributed by atoms with Crippen LogP contribution in [0.25, 0.3) is 16.7 Å². The van der Waals surface area contributed by atoms with Crippen LogP contribution < -0.4 is 5.32 Å². The van der Waals surface area contributed by atoms with Gasteiger partial charge in [-0.2, -0.15) is 5.10 Å². The van der Waals surface area contributed by atoms with Crippen molar-refractivity contribution in [3.63, 3.8) is 0 Å². The van der Waals surface area contributed by atoms with E-state index in [0.29, 0.717) is 11.5 Å². The van der Waals surface area contributed by atoms with E-state index in [4.69, 9.17) is 0 Å². The van der Waals surface area contributed by atoms with E-state index in [2.05, 4.69) is 40.7 Å². The molecule has 0 aliphatic carbocycles. The molecule has 6 nitrogen and oxygen atoms in total. The Kier molecular flexibility index (Phi) is 4.03. The number of nitrogens with zero attached hydrogens (tertiary/aromatic N) is 4. The molecule has 2 aromatic heterocycles. The Morgan fingerprint density at radius 1 is 1.00 bits per heavy atom. The van der Waals surface area contributed by atoms with Crippen molar-refractivity contribution in [2.24, 2.45) is 0 Å². The average Bonchev–Trinajstić information content (AvgIpc) is 3.28. The van der Waals surface area contributed by atoms with E-state index in [0.717, 1.165) is 16.7 Å². The van der Waals surface area contributed by atoms with Gasteiger partial charge in [0.15, 0.2) is 0 Å². The van der Waals surface area contributed by atoms with Crippen molar-refractivity contribution in [3.8, 4) is 5.69 Å². The molecule has 2 heterocycles. The van der Waals surface area contributed by atoms with Crippen molar-refractivity contribution in [1.82, 2.24) is 19.3 Å². The molecular weight excluding hydrogens is 338 g/mol. The van der Waals surface area contributed by atoms with Crippen LogP contribution in [-0.2, 0) is 5.54 Å². The molecule has 136 valence electrons. The van der Waals surface area contributed by atoms with Gasteiger partial charge in [0.2, 0.25) is 5.95 Å². The lowest BCUT2D eigenvalue weighted by Crippen LogP contribution is -2.25. The predicted molar refractivity (Wildman–Crippen MR) is 106 cm³/mol. The second-order valence-corrected chi connectivity index (χ2v) is 7.38. The van der Waals surface area contributed by atoms with Crippen LogP contribution in [-0.4, -0.2) is 25.2 Å². The van der Waals surface area contributed by atoms with E-state index in [-0.39, 0.29) is 11.4 Å². The van der Waals surface area contributed by atoms with Gasteiger partial charge in [-0.1, -0.05) is 12.1 Å². The summed E-state index contributed by atoms with van der Waals surface area (Å²) >= 11 is 0. The van der Waals surface area contributed by atoms with Crippen LogP contribution in [0.2, 0.25) is 0 Å². The normalized spacial score (nSPS) is 11.7. The summed E-state index contributed by atoms with van der Waals surface area (Å²) in [7, 11) is 0. The van der Waals surface area contributed by atoms with E-state index < -0.39 is 0 Å². The minimum atomic E-state index is -0.220. The van der Waals surface area contributed by atoms with E-state index in [1.807, 2.05) is 48.7 Å². The SMILES string of the molecule is CC(C)(C)n1c(NC(=O)c2ccc(-n3cccn3)cc2)nc2ccccc21. The van der Waals surface area contributed by atoms with Crippen molar-refractivity contribution in [2.75, 3.05) is 5.32 Å². The number of para-hydroxylation sites is 2. The van der Waals surface area contributed by atoms with Crippen LogP contribution in [0.5, 0.6) is 0 Å². The Labute approximate surface area is 157 Å². The topological polar surface area (TPSA) is 64.7 Å². The van der Waals surface area contributed by atoms with Gasteiger partial charge in [0, 0.05) is 23.5 Å². The maximum atomic E-state index is 12.8. The molecule has 4 rings (SSSR count). The van der Waals surface area contributed by atoms with Crippen LogP contribution in [0.4, 0.5) is 5.95 Å². The number of fused-ring (bicyclic) bond motifs is 1. The maximum absolute atomic E-state index is 12.8. The highest BCUT2D eigenvalue weighted by atomic mass is 16.1. The lowest BCUT2D eigenvalue weighted by molar-refractivity contribution is 0.102. The highest BCUT2D eigenvalue weighted by Gasteiger charge is 2.22. The number of benzene rings is 2. The molecule has 0 saturated carbocycles. The van der Waals surface area contributed by atoms with Crippen LogP contribution in [0.1, 0.15) is 31.1 Å². The van der Waals surface area contributed by atoms with Gasteiger partial charge in [0.25, 0.3) is 5.91 Å². The summed E-state index contributed by atoms with van der Waals surface area (Å²) in [5.74, 6) is 0.354. The number of hydrogen-bond donors (Lipinski definition) is 1. The minimum Gasteiger partial charge on any atom is -0.305 e. The van der Waals surface area contributed by atoms with Gasteiger partial charge >= 0.3 is 0 Å². The molecule has 4 aromatic rings. The van der Waals surface area contributed by atoms with Crippen LogP contribution in [0.3, 0.4) is 0 Å². The second-order valence-electron chi connectivity index (χ2n) is 7.38. The van der Waals surface area contributed by atoms with Gasteiger partial charge in [-0.15, -0.1) is 0 Å². The first kappa shape index (κ1) is 17.0. The van der Waals surface area contributed by atoms with Gasteiger partial charge < -0.3 is 4.57 Å². The summed E-state index contributed by atoms with van der Waals surface area (Å²) in [5.41, 5.74) is 3.10. The Balaban J connectivity index is 1.65. The molecule has 0 bridgehead atoms. The first-order valence-corrected chi connectivity index (χ1v) is 8.83. The van der Waals surface area contributed by atoms with E-state index >= 15 is 0 Å². The Morgan fingerprint density at radius 3 is 2.41 bits per heavy atom. The molecule has 1 N–H and O–H groups in total. The number of amides is 1. The summed E-state index contributed by atoms with van der Waals surface area (Å²) in [6, 6.07) is 17.1. The maximum Gasteiger partial charge on any atom is 0.257 e. The van der Waals surface area contributed by atoms with Gasteiger partial charge in [0.1, 0.15) is 0 Å². The molecule has 0 spiro atoms. The zero-order valence-electron chi connectivity index (χ0n) is 15.5. The van der Waals surface area contributed by atoms with Gasteiger partial charge in [0.05, 0.1) is 16.7 Å². The van der Waals surface area contributed by atoms with E-state index in [9.17, 15) is 4.79 Å². The second kappa shape index (κ2) is 6.39. The number of rotatable bonds is 3. The molecule has 6 heteroatoms. The number of aromatic nitrogens is 4. The molecular formula is C21H21N5O. The summed E-state index contributed by atoms with van der Waals surface area (Å²) in [4.78, 5) is 17.4. The van der Waals surface area contributed by atoms with Crippen LogP contribution >= 0.6 is 0 Å². The monoisotopic (exact) mass is 359 g/mol. The van der Waals surface area contributed by atoms with Crippen LogP contribution in [0, 0.1) is 0 Å². The number of carbonyl (C=O) groups is 1. The van der Waals surface area contributed by atoms with Gasteiger partial charge in [-0.3, -0.25) is 10.1 Å². The van der Waals surface area contributed by atoms with Crippen molar-refractivity contribution in [2.45, 2.75) is 26.3 Å². The molecule has 0 unspecified atom stereocenters. The third-order valence-corrected chi connectivity index (χ3v) is 4.36. The first-order valence-electron chi connectivity index (χ1n) is 8.83. The molecule has 0 atom stereocenters. The molecule has 0 aliphatic rings. The van der Waals surface area contributed by atoms with Crippen molar-refractivity contribution >= 4 is 22.9 Å². The number of hydrogen-bond acceptors (Lipinski definition) is 3. The fourth-order valence-corrected chi connectivity index (χ4v) is 3.15. The summed E-state index contributed by atoms with van der Waals surface area (Å²) in [5, 5.41) is 7.16. The fourth-order valence-electron chi connectivity index (χ4n) is 3.15. The molecule has 2 aromatic carbocycles. The average molecular weight is 359 g/mol. The fraction of sp³-hybridized carbons (Fsp3) is 0.190. The summed E-state index contributed by atoms with van der Waals surface area (Å²) < 4.78 is 3.80. The Bertz CT molecular complexity index is 1090. The summed E-state index contributed by atoms with van der Waals surface area (Å²) in [6.07, 6.45) is 3.58. The highest BCUT2D eigenvalue weighted by molar-refractivity contribution is 6.04. The third-order valence-electron chi connectivity index (χ3n) is 4.36. The molecule has 0 radical (unpaired) electrons. The molecule has 0 aliphatic heterocycles. The molecule has 0 saturated heterocycles. The van der Waals surface area contributed by atoms with Crippen molar-refractivity contribution in [1.29, 1.82) is 0 Å². The first-order chi connectivity index (χ1) is 12.9. The van der Waals surface area contributed by atoms with E-state index in [1.165, 1.54) is 0 Å². The smallest absolute Gasteiger partial charge is 0.257 e. The van der Waals surface area contributed by atoms with Crippen LogP contribution in [0.15, 0.2) is 67.0 Å². The molecule has 27 heavy (non-hydrogen) atoms. The lowest BCUT2D eigenvalue weighted by atomic mass is 10.1. The van der Waals surface area contributed by atoms with E-state index in [1.54, 1.807) is 23.0 Å². The predicted octanol–water partition coefficient (Wildman–Crippen LogP) is 4.23. The largest absolute Gasteiger partial charge is 0.305 e. The zero-order valence-corrected chi connectivity index (χ0v) is 15.5. The standard InChI is InChI=1S/C21H21N5O/c1-21(2,3)26-18-8-5-4-7-17(18)23-20(26)24-19(27)15-9-11-16(12-10-15)25-14-6-13-22-25/h4-14H,1-3H3,(H,23,24,27). The Morgan fingerprint density at radius 2 is 1.74 bits per heavy atom. The molecule has 0 fully saturated rings. The summed E-state index contributed by atoms with van der Waals surface area (Å²) in [6.45, 7) is 6.28. The number of nitrogens with one attached hydrogen (secondary N) is 1. The Hall–Kier alpha value is -3.41. The van der Waals surface area contributed by atoms with Gasteiger partial charge in [-0.05, 0) is 63.2 Å². The number of carbonyl (C=O) groups excluding carboxylic acids is 1. The van der Waals surface area contributed by atoms with Crippen molar-refractivity contribution in [3.05, 3.63) is 72.6 Å². The third kappa shape index (κ3) is 3.21. The molecule has 1 amide bonds. The lowest BCUT2D eigenvalue weighted by Gasteiger charge is -2.24. The number of imidazole rings is 1. The quantitative estimate of drug-likeness (QED) is 0.595. The highest BCUT2D eigenvalue weighted by Crippen LogP contribution is 2.28. The van der Waals surface area contributed by atoms with Crippen molar-refractivity contribution < 1.29 is 4.79 Å². The van der Waals surface area contributed by atoms with Gasteiger partial charge in [-0.25, -0.2) is 9.67 Å². The zero-order chi connectivity index (χ0) is 19.0. The minimum absolute atomic E-state index is 0.192.